The van der Waals surface area contributed by atoms with Gasteiger partial charge in [-0.25, -0.2) is 4.98 Å². The maximum Gasteiger partial charge on any atom is 0.268 e. The van der Waals surface area contributed by atoms with E-state index in [0.29, 0.717) is 21.6 Å². The fraction of sp³-hybridized carbons (Fsp3) is 0.118. The summed E-state index contributed by atoms with van der Waals surface area (Å²) in [5.74, 6) is 0.341. The van der Waals surface area contributed by atoms with Gasteiger partial charge in [0.25, 0.3) is 5.56 Å². The molecule has 0 radical (unpaired) electrons. The third kappa shape index (κ3) is 2.27. The zero-order valence-electron chi connectivity index (χ0n) is 12.3. The Morgan fingerprint density at radius 1 is 1.22 bits per heavy atom. The summed E-state index contributed by atoms with van der Waals surface area (Å²) in [6.07, 6.45) is 0.0731. The van der Waals surface area contributed by atoms with E-state index in [1.807, 2.05) is 36.6 Å². The zero-order valence-corrected chi connectivity index (χ0v) is 13.2. The molecule has 3 aromatic heterocycles. The molecule has 0 aliphatic heterocycles. The Labute approximate surface area is 135 Å². The van der Waals surface area contributed by atoms with Crippen LogP contribution in [0.2, 0.25) is 0 Å². The maximum atomic E-state index is 12.7. The number of aryl methyl sites for hydroxylation is 1. The highest BCUT2D eigenvalue weighted by molar-refractivity contribution is 7.17. The number of aromatic amines is 2. The van der Waals surface area contributed by atoms with Crippen molar-refractivity contribution in [2.75, 3.05) is 0 Å². The number of rotatable bonds is 3. The van der Waals surface area contributed by atoms with E-state index in [0.717, 1.165) is 16.6 Å². The quantitative estimate of drug-likeness (QED) is 0.568. The number of H-pyrrole nitrogens is 2. The van der Waals surface area contributed by atoms with E-state index in [4.69, 9.17) is 0 Å². The molecule has 4 rings (SSSR count). The number of hydrogen-bond donors (Lipinski definition) is 2. The molecule has 114 valence electrons. The van der Waals surface area contributed by atoms with Crippen molar-refractivity contribution in [3.05, 3.63) is 63.1 Å². The van der Waals surface area contributed by atoms with E-state index in [1.165, 1.54) is 11.3 Å². The van der Waals surface area contributed by atoms with Crippen molar-refractivity contribution in [2.45, 2.75) is 13.3 Å². The lowest BCUT2D eigenvalue weighted by Crippen LogP contribution is -2.14. The standard InChI is InChI=1S/C17H13N3O2S/c1-9-15(10-4-2-3-5-11(10)18-9)13(21)8-14-19-12-6-7-23-16(12)17(22)20-14/h2-7,18H,8H2,1H3,(H,19,20,22). The van der Waals surface area contributed by atoms with Crippen molar-refractivity contribution in [1.82, 2.24) is 15.0 Å². The molecule has 4 aromatic rings. The zero-order chi connectivity index (χ0) is 16.0. The molecule has 0 saturated heterocycles. The third-order valence-corrected chi connectivity index (χ3v) is 4.77. The van der Waals surface area contributed by atoms with Gasteiger partial charge < -0.3 is 9.97 Å². The van der Waals surface area contributed by atoms with Crippen molar-refractivity contribution < 1.29 is 4.79 Å². The molecular weight excluding hydrogens is 310 g/mol. The van der Waals surface area contributed by atoms with Crippen LogP contribution in [0.5, 0.6) is 0 Å². The van der Waals surface area contributed by atoms with Gasteiger partial charge in [-0.05, 0) is 24.4 Å². The molecular formula is C17H13N3O2S. The van der Waals surface area contributed by atoms with E-state index in [-0.39, 0.29) is 17.8 Å². The predicted octanol–water partition coefficient (Wildman–Crippen LogP) is 3.20. The minimum absolute atomic E-state index is 0.0577. The van der Waals surface area contributed by atoms with E-state index >= 15 is 0 Å². The van der Waals surface area contributed by atoms with Crippen molar-refractivity contribution in [3.8, 4) is 0 Å². The summed E-state index contributed by atoms with van der Waals surface area (Å²) >= 11 is 1.35. The minimum atomic E-state index is -0.191. The molecule has 6 heteroatoms. The van der Waals surface area contributed by atoms with Crippen LogP contribution >= 0.6 is 11.3 Å². The second-order valence-corrected chi connectivity index (χ2v) is 6.33. The Morgan fingerprint density at radius 3 is 2.91 bits per heavy atom. The van der Waals surface area contributed by atoms with Gasteiger partial charge in [-0.1, -0.05) is 18.2 Å². The van der Waals surface area contributed by atoms with Crippen LogP contribution in [0.1, 0.15) is 21.9 Å². The summed E-state index contributed by atoms with van der Waals surface area (Å²) in [5.41, 5.74) is 2.87. The molecule has 0 atom stereocenters. The van der Waals surface area contributed by atoms with Crippen LogP contribution in [0.25, 0.3) is 21.1 Å². The van der Waals surface area contributed by atoms with Crippen molar-refractivity contribution in [2.24, 2.45) is 0 Å². The topological polar surface area (TPSA) is 78.6 Å². The first-order valence-electron chi connectivity index (χ1n) is 7.20. The second-order valence-electron chi connectivity index (χ2n) is 5.42. The van der Waals surface area contributed by atoms with Crippen LogP contribution in [0.4, 0.5) is 0 Å². The fourth-order valence-electron chi connectivity index (χ4n) is 2.88. The summed E-state index contributed by atoms with van der Waals surface area (Å²) in [4.78, 5) is 35.0. The van der Waals surface area contributed by atoms with Crippen LogP contribution in [-0.4, -0.2) is 20.7 Å². The highest BCUT2D eigenvalue weighted by Crippen LogP contribution is 2.23. The Hall–Kier alpha value is -2.73. The molecule has 0 bridgehead atoms. The average molecular weight is 323 g/mol. The molecule has 0 aliphatic rings. The second kappa shape index (κ2) is 5.17. The number of Topliss-reactive ketones (excluding diaryl/α,β-unsaturated/α-hetero) is 1. The Balaban J connectivity index is 1.76. The number of aromatic nitrogens is 3. The first-order valence-corrected chi connectivity index (χ1v) is 8.08. The maximum absolute atomic E-state index is 12.7. The number of carbonyl (C=O) groups is 1. The minimum Gasteiger partial charge on any atom is -0.358 e. The smallest absolute Gasteiger partial charge is 0.268 e. The molecule has 0 saturated carbocycles. The van der Waals surface area contributed by atoms with Gasteiger partial charge in [0.1, 0.15) is 10.5 Å². The van der Waals surface area contributed by atoms with E-state index in [9.17, 15) is 9.59 Å². The molecule has 3 heterocycles. The lowest BCUT2D eigenvalue weighted by molar-refractivity contribution is 0.0992. The van der Waals surface area contributed by atoms with Crippen LogP contribution < -0.4 is 5.56 Å². The van der Waals surface area contributed by atoms with Gasteiger partial charge in [-0.3, -0.25) is 9.59 Å². The summed E-state index contributed by atoms with van der Waals surface area (Å²) in [6, 6.07) is 9.49. The highest BCUT2D eigenvalue weighted by atomic mass is 32.1. The largest absolute Gasteiger partial charge is 0.358 e. The molecule has 1 aromatic carbocycles. The summed E-state index contributed by atoms with van der Waals surface area (Å²) in [5, 5.41) is 2.72. The molecule has 0 fully saturated rings. The van der Waals surface area contributed by atoms with Crippen molar-refractivity contribution >= 4 is 38.2 Å². The lowest BCUT2D eigenvalue weighted by Gasteiger charge is -2.02. The van der Waals surface area contributed by atoms with Crippen LogP contribution in [0.3, 0.4) is 0 Å². The van der Waals surface area contributed by atoms with Crippen LogP contribution in [-0.2, 0) is 6.42 Å². The molecule has 0 aliphatic carbocycles. The van der Waals surface area contributed by atoms with Gasteiger partial charge in [-0.2, -0.15) is 0 Å². The van der Waals surface area contributed by atoms with Gasteiger partial charge in [-0.15, -0.1) is 11.3 Å². The number of nitrogens with one attached hydrogen (secondary N) is 2. The van der Waals surface area contributed by atoms with E-state index < -0.39 is 0 Å². The first-order chi connectivity index (χ1) is 11.1. The van der Waals surface area contributed by atoms with E-state index in [2.05, 4.69) is 15.0 Å². The lowest BCUT2D eigenvalue weighted by atomic mass is 10.0. The van der Waals surface area contributed by atoms with Gasteiger partial charge in [0, 0.05) is 22.2 Å². The Bertz CT molecular complexity index is 1100. The monoisotopic (exact) mass is 323 g/mol. The van der Waals surface area contributed by atoms with Gasteiger partial charge >= 0.3 is 0 Å². The molecule has 23 heavy (non-hydrogen) atoms. The van der Waals surface area contributed by atoms with Gasteiger partial charge in [0.2, 0.25) is 0 Å². The number of thiophene rings is 1. The van der Waals surface area contributed by atoms with Crippen LogP contribution in [0.15, 0.2) is 40.5 Å². The Kier molecular flexibility index (Phi) is 3.12. The highest BCUT2D eigenvalue weighted by Gasteiger charge is 2.17. The molecule has 5 nitrogen and oxygen atoms in total. The number of ketones is 1. The van der Waals surface area contributed by atoms with Crippen molar-refractivity contribution in [3.63, 3.8) is 0 Å². The van der Waals surface area contributed by atoms with Crippen molar-refractivity contribution in [1.29, 1.82) is 0 Å². The normalized spacial score (nSPS) is 11.3. The fourth-order valence-corrected chi connectivity index (χ4v) is 3.61. The first kappa shape index (κ1) is 13.9. The molecule has 0 amide bonds. The SMILES string of the molecule is Cc1[nH]c2ccccc2c1C(=O)Cc1nc2ccsc2c(=O)[nH]1. The molecule has 0 unspecified atom stereocenters. The number of carbonyl (C=O) groups excluding carboxylic acids is 1. The summed E-state index contributed by atoms with van der Waals surface area (Å²) in [7, 11) is 0. The Morgan fingerprint density at radius 2 is 2.04 bits per heavy atom. The van der Waals surface area contributed by atoms with Gasteiger partial charge in [0.05, 0.1) is 11.9 Å². The van der Waals surface area contributed by atoms with Gasteiger partial charge in [0.15, 0.2) is 5.78 Å². The predicted molar refractivity (Wildman–Crippen MR) is 91.3 cm³/mol. The molecule has 0 spiro atoms. The number of fused-ring (bicyclic) bond motifs is 2. The third-order valence-electron chi connectivity index (χ3n) is 3.86. The van der Waals surface area contributed by atoms with Crippen LogP contribution in [0, 0.1) is 6.92 Å². The number of para-hydroxylation sites is 1. The summed E-state index contributed by atoms with van der Waals surface area (Å²) in [6.45, 7) is 1.88. The summed E-state index contributed by atoms with van der Waals surface area (Å²) < 4.78 is 0.587. The average Bonchev–Trinajstić information content (AvgIpc) is 3.10. The van der Waals surface area contributed by atoms with E-state index in [1.54, 1.807) is 6.07 Å². The number of benzene rings is 1. The molecule has 2 N–H and O–H groups in total. The number of hydrogen-bond acceptors (Lipinski definition) is 4. The number of nitrogens with zero attached hydrogens (tertiary/aromatic N) is 1.